The van der Waals surface area contributed by atoms with E-state index < -0.39 is 5.97 Å². The Hall–Kier alpha value is -2.10. The molecule has 17 heavy (non-hydrogen) atoms. The Kier molecular flexibility index (Phi) is 2.95. The van der Waals surface area contributed by atoms with Crippen molar-refractivity contribution in [3.63, 3.8) is 0 Å². The molecule has 1 heterocycles. The summed E-state index contributed by atoms with van der Waals surface area (Å²) in [7, 11) is 0. The Morgan fingerprint density at radius 3 is 2.88 bits per heavy atom. The minimum Gasteiger partial charge on any atom is -0.492 e. The van der Waals surface area contributed by atoms with Crippen molar-refractivity contribution in [3.05, 3.63) is 35.5 Å². The fraction of sp³-hybridized carbons (Fsp3) is 0.231. The van der Waals surface area contributed by atoms with Crippen molar-refractivity contribution >= 4 is 16.9 Å². The van der Waals surface area contributed by atoms with Gasteiger partial charge in [-0.25, -0.2) is 9.78 Å². The van der Waals surface area contributed by atoms with Gasteiger partial charge in [-0.3, -0.25) is 0 Å². The van der Waals surface area contributed by atoms with E-state index in [1.165, 1.54) is 0 Å². The summed E-state index contributed by atoms with van der Waals surface area (Å²) in [5.41, 5.74) is 1.53. The normalized spacial score (nSPS) is 10.5. The first-order valence-corrected chi connectivity index (χ1v) is 5.40. The van der Waals surface area contributed by atoms with E-state index in [9.17, 15) is 4.79 Å². The summed E-state index contributed by atoms with van der Waals surface area (Å²) >= 11 is 0. The zero-order valence-corrected chi connectivity index (χ0v) is 9.73. The summed E-state index contributed by atoms with van der Waals surface area (Å²) in [5.74, 6) is -0.405. The zero-order valence-electron chi connectivity index (χ0n) is 9.73. The molecule has 0 atom stereocenters. The van der Waals surface area contributed by atoms with Crippen molar-refractivity contribution in [2.24, 2.45) is 0 Å². The summed E-state index contributed by atoms with van der Waals surface area (Å²) in [6.45, 7) is 4.27. The highest BCUT2D eigenvalue weighted by atomic mass is 16.5. The molecule has 88 valence electrons. The van der Waals surface area contributed by atoms with Crippen molar-refractivity contribution in [1.29, 1.82) is 0 Å². The Bertz CT molecular complexity index is 578. The third kappa shape index (κ3) is 2.06. The summed E-state index contributed by atoms with van der Waals surface area (Å²) in [5, 5.41) is 9.90. The highest BCUT2D eigenvalue weighted by Crippen LogP contribution is 2.26. The van der Waals surface area contributed by atoms with Crippen LogP contribution in [-0.2, 0) is 0 Å². The lowest BCUT2D eigenvalue weighted by molar-refractivity contribution is 0.0691. The van der Waals surface area contributed by atoms with E-state index in [1.807, 2.05) is 26.0 Å². The number of fused-ring (bicyclic) bond motifs is 1. The van der Waals surface area contributed by atoms with Gasteiger partial charge in [0.05, 0.1) is 6.61 Å². The monoisotopic (exact) mass is 231 g/mol. The summed E-state index contributed by atoms with van der Waals surface area (Å²) in [6, 6.07) is 7.15. The third-order valence-electron chi connectivity index (χ3n) is 2.53. The molecule has 4 nitrogen and oxygen atoms in total. The van der Waals surface area contributed by atoms with Crippen molar-refractivity contribution in [2.45, 2.75) is 13.8 Å². The smallest absolute Gasteiger partial charge is 0.354 e. The Morgan fingerprint density at radius 2 is 2.24 bits per heavy atom. The quantitative estimate of drug-likeness (QED) is 0.882. The van der Waals surface area contributed by atoms with Crippen molar-refractivity contribution in [2.75, 3.05) is 6.61 Å². The number of hydrogen-bond acceptors (Lipinski definition) is 3. The van der Waals surface area contributed by atoms with E-state index in [1.54, 1.807) is 12.1 Å². The molecule has 0 saturated carbocycles. The van der Waals surface area contributed by atoms with Crippen LogP contribution in [0.4, 0.5) is 0 Å². The fourth-order valence-corrected chi connectivity index (χ4v) is 1.77. The molecule has 1 aromatic heterocycles. The number of ether oxygens (including phenoxy) is 1. The highest BCUT2D eigenvalue weighted by molar-refractivity contribution is 5.93. The van der Waals surface area contributed by atoms with Gasteiger partial charge < -0.3 is 9.84 Å². The Labute approximate surface area is 98.9 Å². The number of carboxylic acids is 1. The molecule has 0 aliphatic heterocycles. The maximum Gasteiger partial charge on any atom is 0.354 e. The molecule has 2 rings (SSSR count). The standard InChI is InChI=1S/C13H13NO3/c1-3-17-11-6-4-5-9-8(2)7-10(13(15)16)14-12(9)11/h4-7H,3H2,1-2H3,(H,15,16). The number of para-hydroxylation sites is 1. The molecule has 1 N–H and O–H groups in total. The first-order valence-electron chi connectivity index (χ1n) is 5.40. The second-order valence-corrected chi connectivity index (χ2v) is 3.71. The molecule has 0 saturated heterocycles. The average molecular weight is 231 g/mol. The lowest BCUT2D eigenvalue weighted by Gasteiger charge is -2.09. The first kappa shape index (κ1) is 11.4. The lowest BCUT2D eigenvalue weighted by Crippen LogP contribution is -2.02. The minimum atomic E-state index is -1.03. The molecule has 0 spiro atoms. The maximum atomic E-state index is 11.0. The van der Waals surface area contributed by atoms with Gasteiger partial charge in [0.2, 0.25) is 0 Å². The molecular weight excluding hydrogens is 218 g/mol. The molecule has 0 bridgehead atoms. The topological polar surface area (TPSA) is 59.4 Å². The number of carbonyl (C=O) groups is 1. The van der Waals surface area contributed by atoms with Crippen LogP contribution in [0.5, 0.6) is 5.75 Å². The van der Waals surface area contributed by atoms with Crippen LogP contribution in [0, 0.1) is 6.92 Å². The van der Waals surface area contributed by atoms with Crippen LogP contribution in [0.3, 0.4) is 0 Å². The zero-order chi connectivity index (χ0) is 12.4. The second kappa shape index (κ2) is 4.41. The lowest BCUT2D eigenvalue weighted by atomic mass is 10.1. The molecule has 4 heteroatoms. The molecule has 0 aliphatic rings. The van der Waals surface area contributed by atoms with Crippen molar-refractivity contribution in [1.82, 2.24) is 4.98 Å². The largest absolute Gasteiger partial charge is 0.492 e. The van der Waals surface area contributed by atoms with Gasteiger partial charge in [-0.05, 0) is 31.5 Å². The SMILES string of the molecule is CCOc1cccc2c(C)cc(C(=O)O)nc12. The van der Waals surface area contributed by atoms with E-state index in [0.29, 0.717) is 17.9 Å². The number of benzene rings is 1. The molecule has 0 unspecified atom stereocenters. The predicted molar refractivity (Wildman–Crippen MR) is 64.6 cm³/mol. The third-order valence-corrected chi connectivity index (χ3v) is 2.53. The number of aryl methyl sites for hydroxylation is 1. The fourth-order valence-electron chi connectivity index (χ4n) is 1.77. The number of pyridine rings is 1. The van der Waals surface area contributed by atoms with Crippen molar-refractivity contribution in [3.8, 4) is 5.75 Å². The van der Waals surface area contributed by atoms with E-state index in [2.05, 4.69) is 4.98 Å². The number of carboxylic acid groups (broad SMARTS) is 1. The van der Waals surface area contributed by atoms with Gasteiger partial charge in [0.1, 0.15) is 17.0 Å². The molecule has 1 aromatic carbocycles. The molecule has 0 amide bonds. The molecule has 0 radical (unpaired) electrons. The molecule has 0 aliphatic carbocycles. The number of rotatable bonds is 3. The van der Waals surface area contributed by atoms with Crippen LogP contribution in [0.15, 0.2) is 24.3 Å². The number of aromatic nitrogens is 1. The predicted octanol–water partition coefficient (Wildman–Crippen LogP) is 2.64. The Balaban J connectivity index is 2.73. The van der Waals surface area contributed by atoms with Crippen molar-refractivity contribution < 1.29 is 14.6 Å². The van der Waals surface area contributed by atoms with Gasteiger partial charge in [0, 0.05) is 5.39 Å². The average Bonchev–Trinajstić information content (AvgIpc) is 2.30. The summed E-state index contributed by atoms with van der Waals surface area (Å²) < 4.78 is 5.45. The summed E-state index contributed by atoms with van der Waals surface area (Å²) in [6.07, 6.45) is 0. The van der Waals surface area contributed by atoms with Gasteiger partial charge >= 0.3 is 5.97 Å². The van der Waals surface area contributed by atoms with E-state index in [4.69, 9.17) is 9.84 Å². The van der Waals surface area contributed by atoms with Gasteiger partial charge in [-0.1, -0.05) is 12.1 Å². The molecular formula is C13H13NO3. The van der Waals surface area contributed by atoms with Gasteiger partial charge in [0.15, 0.2) is 0 Å². The van der Waals surface area contributed by atoms with Crippen LogP contribution in [0.2, 0.25) is 0 Å². The van der Waals surface area contributed by atoms with E-state index in [-0.39, 0.29) is 5.69 Å². The molecule has 2 aromatic rings. The second-order valence-electron chi connectivity index (χ2n) is 3.71. The highest BCUT2D eigenvalue weighted by Gasteiger charge is 2.11. The minimum absolute atomic E-state index is 0.0437. The van der Waals surface area contributed by atoms with Gasteiger partial charge in [0.25, 0.3) is 0 Å². The number of aromatic carboxylic acids is 1. The van der Waals surface area contributed by atoms with Crippen LogP contribution < -0.4 is 4.74 Å². The molecule has 0 fully saturated rings. The van der Waals surface area contributed by atoms with E-state index >= 15 is 0 Å². The van der Waals surface area contributed by atoms with Crippen LogP contribution in [-0.4, -0.2) is 22.7 Å². The van der Waals surface area contributed by atoms with E-state index in [0.717, 1.165) is 10.9 Å². The van der Waals surface area contributed by atoms with Crippen LogP contribution >= 0.6 is 0 Å². The Morgan fingerprint density at radius 1 is 1.47 bits per heavy atom. The van der Waals surface area contributed by atoms with Crippen LogP contribution in [0.25, 0.3) is 10.9 Å². The maximum absolute atomic E-state index is 11.0. The first-order chi connectivity index (χ1) is 8.13. The number of nitrogens with zero attached hydrogens (tertiary/aromatic N) is 1. The van der Waals surface area contributed by atoms with Crippen LogP contribution in [0.1, 0.15) is 23.0 Å². The number of hydrogen-bond donors (Lipinski definition) is 1. The summed E-state index contributed by atoms with van der Waals surface area (Å²) in [4.78, 5) is 15.1. The van der Waals surface area contributed by atoms with Gasteiger partial charge in [-0.15, -0.1) is 0 Å². The van der Waals surface area contributed by atoms with Gasteiger partial charge in [-0.2, -0.15) is 0 Å².